The minimum atomic E-state index is -0.602. The van der Waals surface area contributed by atoms with Crippen molar-refractivity contribution in [1.29, 1.82) is 0 Å². The first kappa shape index (κ1) is 21.3. The predicted molar refractivity (Wildman–Crippen MR) is 121 cm³/mol. The number of nitrogens with zero attached hydrogens (tertiary/aromatic N) is 4. The van der Waals surface area contributed by atoms with Crippen LogP contribution in [0.2, 0.25) is 0 Å². The van der Waals surface area contributed by atoms with Gasteiger partial charge in [-0.2, -0.15) is 0 Å². The molecule has 1 aromatic heterocycles. The minimum Gasteiger partial charge on any atom is -0.445 e. The number of carbonyl (C=O) groups excluding carboxylic acids is 2. The van der Waals surface area contributed by atoms with E-state index in [1.807, 2.05) is 66.7 Å². The smallest absolute Gasteiger partial charge is 0.407 e. The second-order valence-electron chi connectivity index (χ2n) is 7.39. The van der Waals surface area contributed by atoms with E-state index in [0.29, 0.717) is 32.0 Å². The number of nitrogens with one attached hydrogen (secondary N) is 1. The zero-order chi connectivity index (χ0) is 22.2. The first-order chi connectivity index (χ1) is 15.7. The summed E-state index contributed by atoms with van der Waals surface area (Å²) in [5.74, 6) is 1.39. The van der Waals surface area contributed by atoms with E-state index in [1.165, 1.54) is 0 Å². The molecule has 0 spiro atoms. The lowest BCUT2D eigenvalue weighted by Gasteiger charge is -2.35. The summed E-state index contributed by atoms with van der Waals surface area (Å²) in [6, 6.07) is 21.1. The van der Waals surface area contributed by atoms with Gasteiger partial charge in [0.05, 0.1) is 0 Å². The van der Waals surface area contributed by atoms with Gasteiger partial charge in [0.15, 0.2) is 5.82 Å². The maximum Gasteiger partial charge on any atom is 0.407 e. The number of rotatable bonds is 6. The van der Waals surface area contributed by atoms with Gasteiger partial charge in [-0.15, -0.1) is 0 Å². The molecular formula is C24H25N5O3. The Labute approximate surface area is 186 Å². The number of aromatic nitrogens is 2. The lowest BCUT2D eigenvalue weighted by atomic mass is 10.2. The molecule has 2 aromatic carbocycles. The average molecular weight is 431 g/mol. The van der Waals surface area contributed by atoms with Crippen LogP contribution in [-0.4, -0.2) is 59.6 Å². The highest BCUT2D eigenvalue weighted by Gasteiger charge is 2.22. The van der Waals surface area contributed by atoms with Crippen LogP contribution in [0.5, 0.6) is 0 Å². The predicted octanol–water partition coefficient (Wildman–Crippen LogP) is 2.72. The molecule has 1 N–H and O–H groups in total. The molecule has 0 atom stereocenters. The highest BCUT2D eigenvalue weighted by atomic mass is 16.5. The van der Waals surface area contributed by atoms with Crippen LogP contribution in [0.4, 0.5) is 10.6 Å². The lowest BCUT2D eigenvalue weighted by molar-refractivity contribution is -0.130. The normalized spacial score (nSPS) is 13.5. The van der Waals surface area contributed by atoms with E-state index in [0.717, 1.165) is 16.9 Å². The third-order valence-electron chi connectivity index (χ3n) is 5.23. The maximum absolute atomic E-state index is 12.5. The topological polar surface area (TPSA) is 87.7 Å². The first-order valence-corrected chi connectivity index (χ1v) is 10.5. The standard InChI is InChI=1S/C24H25N5O3/c30-22(17-26-24(31)32-18-19-7-3-1-4-8-19)29-15-13-28(14-16-29)21-11-12-25-23(27-21)20-9-5-2-6-10-20/h1-12H,13-18H2,(H,26,31). The molecule has 2 heterocycles. The second kappa shape index (κ2) is 10.4. The monoisotopic (exact) mass is 431 g/mol. The number of hydrogen-bond donors (Lipinski definition) is 1. The number of amides is 2. The van der Waals surface area contributed by atoms with E-state index in [-0.39, 0.29) is 19.1 Å². The average Bonchev–Trinajstić information content (AvgIpc) is 2.87. The molecule has 8 heteroatoms. The molecule has 0 unspecified atom stereocenters. The molecular weight excluding hydrogens is 406 g/mol. The van der Waals surface area contributed by atoms with Gasteiger partial charge in [-0.3, -0.25) is 4.79 Å². The minimum absolute atomic E-state index is 0.0840. The van der Waals surface area contributed by atoms with E-state index in [2.05, 4.69) is 20.2 Å². The number of alkyl carbamates (subject to hydrolysis) is 1. The molecule has 0 bridgehead atoms. The quantitative estimate of drug-likeness (QED) is 0.646. The van der Waals surface area contributed by atoms with E-state index < -0.39 is 6.09 Å². The third-order valence-corrected chi connectivity index (χ3v) is 5.23. The maximum atomic E-state index is 12.5. The van der Waals surface area contributed by atoms with Gasteiger partial charge in [-0.05, 0) is 11.6 Å². The summed E-state index contributed by atoms with van der Waals surface area (Å²) in [7, 11) is 0. The summed E-state index contributed by atoms with van der Waals surface area (Å²) in [6.07, 6.45) is 1.16. The highest BCUT2D eigenvalue weighted by Crippen LogP contribution is 2.19. The fourth-order valence-electron chi connectivity index (χ4n) is 3.47. The van der Waals surface area contributed by atoms with Crippen molar-refractivity contribution >= 4 is 17.8 Å². The lowest BCUT2D eigenvalue weighted by Crippen LogP contribution is -2.51. The van der Waals surface area contributed by atoms with Crippen LogP contribution in [0, 0.1) is 0 Å². The number of anilines is 1. The van der Waals surface area contributed by atoms with Crippen LogP contribution in [0.25, 0.3) is 11.4 Å². The van der Waals surface area contributed by atoms with Crippen molar-refractivity contribution in [3.05, 3.63) is 78.5 Å². The molecule has 2 amide bonds. The van der Waals surface area contributed by atoms with E-state index >= 15 is 0 Å². The van der Waals surface area contributed by atoms with Crippen LogP contribution >= 0.6 is 0 Å². The largest absolute Gasteiger partial charge is 0.445 e. The fourth-order valence-corrected chi connectivity index (χ4v) is 3.47. The van der Waals surface area contributed by atoms with Gasteiger partial charge in [-0.1, -0.05) is 60.7 Å². The van der Waals surface area contributed by atoms with E-state index in [4.69, 9.17) is 4.74 Å². The first-order valence-electron chi connectivity index (χ1n) is 10.5. The Hall–Kier alpha value is -3.94. The number of benzene rings is 2. The fraction of sp³-hybridized carbons (Fsp3) is 0.250. The van der Waals surface area contributed by atoms with Gasteiger partial charge in [0.25, 0.3) is 0 Å². The van der Waals surface area contributed by atoms with Gasteiger partial charge in [0.2, 0.25) is 5.91 Å². The van der Waals surface area contributed by atoms with Crippen LogP contribution in [0.1, 0.15) is 5.56 Å². The molecule has 0 radical (unpaired) electrons. The molecule has 8 nitrogen and oxygen atoms in total. The van der Waals surface area contributed by atoms with Crippen molar-refractivity contribution < 1.29 is 14.3 Å². The molecule has 1 fully saturated rings. The van der Waals surface area contributed by atoms with Crippen LogP contribution < -0.4 is 10.2 Å². The summed E-state index contributed by atoms with van der Waals surface area (Å²) < 4.78 is 5.15. The number of piperazine rings is 1. The Morgan fingerprint density at radius 3 is 2.31 bits per heavy atom. The Balaban J connectivity index is 1.23. The van der Waals surface area contributed by atoms with Crippen LogP contribution in [0.3, 0.4) is 0 Å². The van der Waals surface area contributed by atoms with Gasteiger partial charge in [0.1, 0.15) is 19.0 Å². The molecule has 4 rings (SSSR count). The molecule has 32 heavy (non-hydrogen) atoms. The van der Waals surface area contributed by atoms with E-state index in [1.54, 1.807) is 11.1 Å². The highest BCUT2D eigenvalue weighted by molar-refractivity contribution is 5.82. The van der Waals surface area contributed by atoms with E-state index in [9.17, 15) is 9.59 Å². The van der Waals surface area contributed by atoms with Crippen molar-refractivity contribution in [1.82, 2.24) is 20.2 Å². The van der Waals surface area contributed by atoms with Crippen molar-refractivity contribution in [3.63, 3.8) is 0 Å². The molecule has 0 aliphatic carbocycles. The molecule has 1 saturated heterocycles. The summed E-state index contributed by atoms with van der Waals surface area (Å²) in [5, 5.41) is 2.53. The van der Waals surface area contributed by atoms with Gasteiger partial charge in [0, 0.05) is 37.9 Å². The van der Waals surface area contributed by atoms with Crippen LogP contribution in [-0.2, 0) is 16.1 Å². The third kappa shape index (κ3) is 5.60. The van der Waals surface area contributed by atoms with Gasteiger partial charge < -0.3 is 19.9 Å². The van der Waals surface area contributed by atoms with Crippen molar-refractivity contribution in [2.45, 2.75) is 6.61 Å². The number of hydrogen-bond acceptors (Lipinski definition) is 6. The Kier molecular flexibility index (Phi) is 6.91. The SMILES string of the molecule is O=C(NCC(=O)N1CCN(c2ccnc(-c3ccccc3)n2)CC1)OCc1ccccc1. The molecule has 1 aliphatic heterocycles. The number of carbonyl (C=O) groups is 2. The van der Waals surface area contributed by atoms with Crippen LogP contribution in [0.15, 0.2) is 72.9 Å². The summed E-state index contributed by atoms with van der Waals surface area (Å²) in [5.41, 5.74) is 1.86. The molecule has 3 aromatic rings. The summed E-state index contributed by atoms with van der Waals surface area (Å²) in [4.78, 5) is 37.3. The number of ether oxygens (including phenoxy) is 1. The zero-order valence-electron chi connectivity index (χ0n) is 17.7. The molecule has 0 saturated carbocycles. The Bertz CT molecular complexity index is 1040. The van der Waals surface area contributed by atoms with Gasteiger partial charge >= 0.3 is 6.09 Å². The molecule has 1 aliphatic rings. The summed E-state index contributed by atoms with van der Waals surface area (Å²) in [6.45, 7) is 2.53. The van der Waals surface area contributed by atoms with Crippen molar-refractivity contribution in [2.75, 3.05) is 37.6 Å². The van der Waals surface area contributed by atoms with Gasteiger partial charge in [-0.25, -0.2) is 14.8 Å². The van der Waals surface area contributed by atoms with Crippen molar-refractivity contribution in [2.24, 2.45) is 0 Å². The summed E-state index contributed by atoms with van der Waals surface area (Å²) >= 11 is 0. The Morgan fingerprint density at radius 1 is 0.906 bits per heavy atom. The second-order valence-corrected chi connectivity index (χ2v) is 7.39. The Morgan fingerprint density at radius 2 is 1.59 bits per heavy atom. The zero-order valence-corrected chi connectivity index (χ0v) is 17.7. The van der Waals surface area contributed by atoms with Crippen molar-refractivity contribution in [3.8, 4) is 11.4 Å². The molecule has 164 valence electrons.